The molecule has 1 aromatic carbocycles. The van der Waals surface area contributed by atoms with Gasteiger partial charge in [0.15, 0.2) is 0 Å². The van der Waals surface area contributed by atoms with Crippen LogP contribution >= 0.6 is 0 Å². The second kappa shape index (κ2) is 6.92. The van der Waals surface area contributed by atoms with Crippen molar-refractivity contribution in [3.63, 3.8) is 0 Å². The molecule has 1 fully saturated rings. The van der Waals surface area contributed by atoms with Crippen LogP contribution in [0.15, 0.2) is 24.3 Å². The van der Waals surface area contributed by atoms with E-state index in [2.05, 4.69) is 38.2 Å². The summed E-state index contributed by atoms with van der Waals surface area (Å²) in [6.07, 6.45) is 2.53. The van der Waals surface area contributed by atoms with Gasteiger partial charge in [-0.05, 0) is 44.4 Å². The molecule has 1 aromatic rings. The van der Waals surface area contributed by atoms with Crippen LogP contribution in [0.4, 0.5) is 0 Å². The van der Waals surface area contributed by atoms with Crippen LogP contribution in [0.5, 0.6) is 5.75 Å². The highest BCUT2D eigenvalue weighted by Gasteiger charge is 2.22. The van der Waals surface area contributed by atoms with E-state index in [0.29, 0.717) is 12.1 Å². The fourth-order valence-corrected chi connectivity index (χ4v) is 2.47. The molecule has 0 aliphatic carbocycles. The molecule has 1 N–H and O–H groups in total. The summed E-state index contributed by atoms with van der Waals surface area (Å²) in [5.41, 5.74) is 1.22. The van der Waals surface area contributed by atoms with Crippen molar-refractivity contribution in [2.45, 2.75) is 51.9 Å². The summed E-state index contributed by atoms with van der Waals surface area (Å²) in [6, 6.07) is 8.81. The van der Waals surface area contributed by atoms with Gasteiger partial charge < -0.3 is 14.8 Å². The van der Waals surface area contributed by atoms with Crippen molar-refractivity contribution in [2.24, 2.45) is 0 Å². The molecule has 0 amide bonds. The van der Waals surface area contributed by atoms with Gasteiger partial charge in [-0.1, -0.05) is 19.1 Å². The van der Waals surface area contributed by atoms with Crippen molar-refractivity contribution < 1.29 is 9.47 Å². The van der Waals surface area contributed by atoms with Gasteiger partial charge in [-0.3, -0.25) is 0 Å². The van der Waals surface area contributed by atoms with Crippen LogP contribution in [-0.2, 0) is 4.74 Å². The minimum absolute atomic E-state index is 0.139. The predicted molar refractivity (Wildman–Crippen MR) is 77.6 cm³/mol. The molecule has 3 heteroatoms. The first-order valence-corrected chi connectivity index (χ1v) is 7.30. The highest BCUT2D eigenvalue weighted by Crippen LogP contribution is 2.25. The average Bonchev–Trinajstić information content (AvgIpc) is 2.58. The highest BCUT2D eigenvalue weighted by atomic mass is 16.5. The SMILES string of the molecule is CCCOc1ccc(C2CNC(C)CC(C)O2)cc1. The maximum absolute atomic E-state index is 6.09. The number of hydrogen-bond donors (Lipinski definition) is 1. The van der Waals surface area contributed by atoms with Gasteiger partial charge in [0.05, 0.1) is 18.8 Å². The van der Waals surface area contributed by atoms with E-state index in [1.165, 1.54) is 5.56 Å². The third-order valence-electron chi connectivity index (χ3n) is 3.46. The normalized spacial score (nSPS) is 27.8. The third-order valence-corrected chi connectivity index (χ3v) is 3.46. The first kappa shape index (κ1) is 14.4. The van der Waals surface area contributed by atoms with E-state index in [-0.39, 0.29) is 6.10 Å². The molecular weight excluding hydrogens is 238 g/mol. The summed E-state index contributed by atoms with van der Waals surface area (Å²) in [5, 5.41) is 3.52. The van der Waals surface area contributed by atoms with Gasteiger partial charge in [0.1, 0.15) is 5.75 Å². The predicted octanol–water partition coefficient (Wildman–Crippen LogP) is 3.30. The summed E-state index contributed by atoms with van der Waals surface area (Å²) < 4.78 is 11.7. The Morgan fingerprint density at radius 2 is 2.00 bits per heavy atom. The number of rotatable bonds is 4. The lowest BCUT2D eigenvalue weighted by Gasteiger charge is -2.19. The maximum Gasteiger partial charge on any atom is 0.119 e. The topological polar surface area (TPSA) is 30.5 Å². The molecule has 2 rings (SSSR count). The highest BCUT2D eigenvalue weighted by molar-refractivity contribution is 5.29. The zero-order valence-corrected chi connectivity index (χ0v) is 12.2. The number of nitrogens with one attached hydrogen (secondary N) is 1. The van der Waals surface area contributed by atoms with E-state index in [1.54, 1.807) is 0 Å². The van der Waals surface area contributed by atoms with Crippen molar-refractivity contribution in [3.05, 3.63) is 29.8 Å². The molecule has 106 valence electrons. The maximum atomic E-state index is 6.09. The number of benzene rings is 1. The smallest absolute Gasteiger partial charge is 0.119 e. The molecular formula is C16H25NO2. The minimum atomic E-state index is 0.139. The Morgan fingerprint density at radius 1 is 1.26 bits per heavy atom. The van der Waals surface area contributed by atoms with Gasteiger partial charge in [-0.25, -0.2) is 0 Å². The van der Waals surface area contributed by atoms with E-state index in [9.17, 15) is 0 Å². The Hall–Kier alpha value is -1.06. The summed E-state index contributed by atoms with van der Waals surface area (Å²) in [6.45, 7) is 8.12. The molecule has 1 heterocycles. The molecule has 19 heavy (non-hydrogen) atoms. The third kappa shape index (κ3) is 4.22. The Bertz CT molecular complexity index is 377. The first-order valence-electron chi connectivity index (χ1n) is 7.30. The molecule has 0 aromatic heterocycles. The van der Waals surface area contributed by atoms with Gasteiger partial charge in [-0.15, -0.1) is 0 Å². The molecule has 1 aliphatic heterocycles. The monoisotopic (exact) mass is 263 g/mol. The summed E-state index contributed by atoms with van der Waals surface area (Å²) in [7, 11) is 0. The molecule has 3 atom stereocenters. The molecule has 0 spiro atoms. The van der Waals surface area contributed by atoms with Crippen LogP contribution in [-0.4, -0.2) is 25.3 Å². The van der Waals surface area contributed by atoms with Crippen molar-refractivity contribution >= 4 is 0 Å². The van der Waals surface area contributed by atoms with Gasteiger partial charge in [-0.2, -0.15) is 0 Å². The van der Waals surface area contributed by atoms with Crippen LogP contribution in [0.25, 0.3) is 0 Å². The van der Waals surface area contributed by atoms with Crippen LogP contribution in [0.2, 0.25) is 0 Å². The van der Waals surface area contributed by atoms with Crippen LogP contribution in [0, 0.1) is 0 Å². The molecule has 0 bridgehead atoms. The Balaban J connectivity index is 2.00. The number of hydrogen-bond acceptors (Lipinski definition) is 3. The zero-order chi connectivity index (χ0) is 13.7. The van der Waals surface area contributed by atoms with Crippen molar-refractivity contribution in [2.75, 3.05) is 13.2 Å². The van der Waals surface area contributed by atoms with Gasteiger partial charge >= 0.3 is 0 Å². The van der Waals surface area contributed by atoms with Gasteiger partial charge in [0.2, 0.25) is 0 Å². The van der Waals surface area contributed by atoms with E-state index in [1.807, 2.05) is 12.1 Å². The second-order valence-corrected chi connectivity index (χ2v) is 5.40. The van der Waals surface area contributed by atoms with E-state index in [4.69, 9.17) is 9.47 Å². The van der Waals surface area contributed by atoms with Gasteiger partial charge in [0.25, 0.3) is 0 Å². The summed E-state index contributed by atoms with van der Waals surface area (Å²) in [5.74, 6) is 0.939. The molecule has 3 unspecified atom stereocenters. The quantitative estimate of drug-likeness (QED) is 0.904. The Kier molecular flexibility index (Phi) is 5.23. The van der Waals surface area contributed by atoms with E-state index in [0.717, 1.165) is 31.7 Å². The largest absolute Gasteiger partial charge is 0.494 e. The van der Waals surface area contributed by atoms with Crippen molar-refractivity contribution in [1.82, 2.24) is 5.32 Å². The zero-order valence-electron chi connectivity index (χ0n) is 12.2. The average molecular weight is 263 g/mol. The van der Waals surface area contributed by atoms with Crippen molar-refractivity contribution in [3.8, 4) is 5.75 Å². The minimum Gasteiger partial charge on any atom is -0.494 e. The van der Waals surface area contributed by atoms with Crippen molar-refractivity contribution in [1.29, 1.82) is 0 Å². The van der Waals surface area contributed by atoms with E-state index < -0.39 is 0 Å². The first-order chi connectivity index (χ1) is 9.19. The lowest BCUT2D eigenvalue weighted by atomic mass is 10.1. The number of ether oxygens (including phenoxy) is 2. The standard InChI is InChI=1S/C16H25NO2/c1-4-9-18-15-7-5-14(6-8-15)16-11-17-12(2)10-13(3)19-16/h5-8,12-13,16-17H,4,9-11H2,1-3H3. The molecule has 0 saturated carbocycles. The molecule has 1 aliphatic rings. The molecule has 1 saturated heterocycles. The van der Waals surface area contributed by atoms with Crippen LogP contribution < -0.4 is 10.1 Å². The second-order valence-electron chi connectivity index (χ2n) is 5.40. The lowest BCUT2D eigenvalue weighted by molar-refractivity contribution is 0.00716. The Labute approximate surface area is 116 Å². The lowest BCUT2D eigenvalue weighted by Crippen LogP contribution is -2.27. The molecule has 0 radical (unpaired) electrons. The molecule has 3 nitrogen and oxygen atoms in total. The van der Waals surface area contributed by atoms with Crippen LogP contribution in [0.1, 0.15) is 45.3 Å². The van der Waals surface area contributed by atoms with Crippen LogP contribution in [0.3, 0.4) is 0 Å². The van der Waals surface area contributed by atoms with E-state index >= 15 is 0 Å². The summed E-state index contributed by atoms with van der Waals surface area (Å²) >= 11 is 0. The Morgan fingerprint density at radius 3 is 2.68 bits per heavy atom. The fraction of sp³-hybridized carbons (Fsp3) is 0.625. The van der Waals surface area contributed by atoms with Gasteiger partial charge in [0, 0.05) is 12.6 Å². The fourth-order valence-electron chi connectivity index (χ4n) is 2.47. The summed E-state index contributed by atoms with van der Waals surface area (Å²) in [4.78, 5) is 0.